The highest BCUT2D eigenvalue weighted by Gasteiger charge is 2.12. The van der Waals surface area contributed by atoms with Crippen LogP contribution in [-0.2, 0) is 4.74 Å². The van der Waals surface area contributed by atoms with Crippen molar-refractivity contribution in [3.63, 3.8) is 0 Å². The minimum atomic E-state index is -0.441. The van der Waals surface area contributed by atoms with Crippen LogP contribution in [0, 0.1) is 10.1 Å². The van der Waals surface area contributed by atoms with E-state index in [0.717, 1.165) is 13.1 Å². The van der Waals surface area contributed by atoms with Crippen molar-refractivity contribution < 1.29 is 9.66 Å². The van der Waals surface area contributed by atoms with Gasteiger partial charge in [-0.2, -0.15) is 0 Å². The SMILES string of the molecule is O=[N+]([O-])c1cccc(NC(=S)NN2CCOCC2)c1. The van der Waals surface area contributed by atoms with Crippen molar-refractivity contribution in [1.82, 2.24) is 10.4 Å². The van der Waals surface area contributed by atoms with Crippen LogP contribution in [0.15, 0.2) is 24.3 Å². The Hall–Kier alpha value is -1.77. The zero-order chi connectivity index (χ0) is 13.7. The van der Waals surface area contributed by atoms with Gasteiger partial charge in [0.15, 0.2) is 5.11 Å². The van der Waals surface area contributed by atoms with Gasteiger partial charge in [0, 0.05) is 30.9 Å². The second-order valence-corrected chi connectivity index (χ2v) is 4.38. The number of morpholine rings is 1. The molecule has 8 heteroatoms. The van der Waals surface area contributed by atoms with Gasteiger partial charge in [-0.1, -0.05) is 6.07 Å². The smallest absolute Gasteiger partial charge is 0.271 e. The molecule has 0 amide bonds. The molecule has 19 heavy (non-hydrogen) atoms. The van der Waals surface area contributed by atoms with E-state index < -0.39 is 4.92 Å². The number of anilines is 1. The zero-order valence-electron chi connectivity index (χ0n) is 10.2. The first-order valence-electron chi connectivity index (χ1n) is 5.80. The average molecular weight is 282 g/mol. The number of hydrazine groups is 1. The van der Waals surface area contributed by atoms with Crippen LogP contribution in [0.5, 0.6) is 0 Å². The number of nitrogens with zero attached hydrogens (tertiary/aromatic N) is 2. The Labute approximate surface area is 115 Å². The summed E-state index contributed by atoms with van der Waals surface area (Å²) in [6.07, 6.45) is 0. The van der Waals surface area contributed by atoms with Crippen molar-refractivity contribution in [1.29, 1.82) is 0 Å². The largest absolute Gasteiger partial charge is 0.379 e. The van der Waals surface area contributed by atoms with Gasteiger partial charge in [-0.3, -0.25) is 15.5 Å². The molecule has 1 fully saturated rings. The van der Waals surface area contributed by atoms with Gasteiger partial charge >= 0.3 is 0 Å². The highest BCUT2D eigenvalue weighted by Crippen LogP contribution is 2.16. The third kappa shape index (κ3) is 4.12. The number of hydrogen-bond acceptors (Lipinski definition) is 5. The lowest BCUT2D eigenvalue weighted by Gasteiger charge is -2.28. The third-order valence-corrected chi connectivity index (χ3v) is 2.78. The summed E-state index contributed by atoms with van der Waals surface area (Å²) in [6.45, 7) is 2.81. The molecule has 1 saturated heterocycles. The van der Waals surface area contributed by atoms with Gasteiger partial charge in [0.2, 0.25) is 0 Å². The van der Waals surface area contributed by atoms with Crippen molar-refractivity contribution in [3.8, 4) is 0 Å². The number of benzene rings is 1. The van der Waals surface area contributed by atoms with Crippen molar-refractivity contribution in [2.75, 3.05) is 31.6 Å². The Kier molecular flexibility index (Phi) is 4.61. The molecule has 1 aliphatic heterocycles. The van der Waals surface area contributed by atoms with E-state index in [1.54, 1.807) is 12.1 Å². The zero-order valence-corrected chi connectivity index (χ0v) is 11.0. The van der Waals surface area contributed by atoms with Crippen LogP contribution in [0.1, 0.15) is 0 Å². The molecule has 0 unspecified atom stereocenters. The highest BCUT2D eigenvalue weighted by atomic mass is 32.1. The van der Waals surface area contributed by atoms with Crippen LogP contribution in [-0.4, -0.2) is 41.3 Å². The quantitative estimate of drug-likeness (QED) is 0.488. The molecular formula is C11H14N4O3S. The number of nitrogens with one attached hydrogen (secondary N) is 2. The van der Waals surface area contributed by atoms with E-state index in [2.05, 4.69) is 10.7 Å². The molecule has 0 atom stereocenters. The predicted octanol–water partition coefficient (Wildman–Crippen LogP) is 1.13. The molecule has 1 heterocycles. The molecule has 0 bridgehead atoms. The number of hydrogen-bond donors (Lipinski definition) is 2. The molecule has 1 aliphatic rings. The second kappa shape index (κ2) is 6.41. The van der Waals surface area contributed by atoms with Gasteiger partial charge in [0.25, 0.3) is 5.69 Å². The first kappa shape index (κ1) is 13.7. The van der Waals surface area contributed by atoms with Crippen LogP contribution in [0.3, 0.4) is 0 Å². The Morgan fingerprint density at radius 3 is 2.84 bits per heavy atom. The maximum absolute atomic E-state index is 10.7. The molecule has 0 radical (unpaired) electrons. The molecule has 102 valence electrons. The van der Waals surface area contributed by atoms with Crippen LogP contribution in [0.4, 0.5) is 11.4 Å². The first-order chi connectivity index (χ1) is 9.15. The molecule has 0 spiro atoms. The van der Waals surface area contributed by atoms with E-state index in [4.69, 9.17) is 17.0 Å². The van der Waals surface area contributed by atoms with Crippen molar-refractivity contribution in [2.24, 2.45) is 0 Å². The third-order valence-electron chi connectivity index (χ3n) is 2.59. The average Bonchev–Trinajstić information content (AvgIpc) is 2.40. The maximum atomic E-state index is 10.7. The van der Waals surface area contributed by atoms with E-state index in [1.807, 2.05) is 5.01 Å². The highest BCUT2D eigenvalue weighted by molar-refractivity contribution is 7.80. The molecule has 0 aromatic heterocycles. The number of ether oxygens (including phenoxy) is 1. The summed E-state index contributed by atoms with van der Waals surface area (Å²) in [7, 11) is 0. The van der Waals surface area contributed by atoms with E-state index in [1.165, 1.54) is 12.1 Å². The number of rotatable bonds is 3. The Morgan fingerprint density at radius 2 is 2.16 bits per heavy atom. The molecule has 0 saturated carbocycles. The van der Waals surface area contributed by atoms with Gasteiger partial charge in [-0.25, -0.2) is 5.01 Å². The number of non-ortho nitro benzene ring substituents is 1. The molecule has 2 N–H and O–H groups in total. The number of nitro groups is 1. The van der Waals surface area contributed by atoms with Gasteiger partial charge in [-0.15, -0.1) is 0 Å². The fraction of sp³-hybridized carbons (Fsp3) is 0.364. The summed E-state index contributed by atoms with van der Waals surface area (Å²) in [4.78, 5) is 10.2. The van der Waals surface area contributed by atoms with E-state index in [-0.39, 0.29) is 5.69 Å². The van der Waals surface area contributed by atoms with E-state index in [9.17, 15) is 10.1 Å². The van der Waals surface area contributed by atoms with Crippen LogP contribution in [0.2, 0.25) is 0 Å². The van der Waals surface area contributed by atoms with E-state index >= 15 is 0 Å². The minimum absolute atomic E-state index is 0.0270. The van der Waals surface area contributed by atoms with Crippen molar-refractivity contribution in [3.05, 3.63) is 34.4 Å². The monoisotopic (exact) mass is 282 g/mol. The molecule has 1 aromatic rings. The number of nitro benzene ring substituents is 1. The van der Waals surface area contributed by atoms with Gasteiger partial charge in [0.1, 0.15) is 0 Å². The van der Waals surface area contributed by atoms with Crippen LogP contribution >= 0.6 is 12.2 Å². The summed E-state index contributed by atoms with van der Waals surface area (Å²) >= 11 is 5.15. The maximum Gasteiger partial charge on any atom is 0.271 e. The summed E-state index contributed by atoms with van der Waals surface area (Å²) in [5.74, 6) is 0. The number of thiocarbonyl (C=S) groups is 1. The first-order valence-corrected chi connectivity index (χ1v) is 6.21. The Balaban J connectivity index is 1.90. The molecule has 2 rings (SSSR count). The Bertz CT molecular complexity index is 477. The molecular weight excluding hydrogens is 268 g/mol. The van der Waals surface area contributed by atoms with Gasteiger partial charge < -0.3 is 10.1 Å². The normalized spacial score (nSPS) is 15.8. The minimum Gasteiger partial charge on any atom is -0.379 e. The summed E-state index contributed by atoms with van der Waals surface area (Å²) in [5, 5.41) is 15.9. The Morgan fingerprint density at radius 1 is 1.42 bits per heavy atom. The molecule has 1 aromatic carbocycles. The lowest BCUT2D eigenvalue weighted by atomic mass is 10.3. The summed E-state index contributed by atoms with van der Waals surface area (Å²) in [6, 6.07) is 6.20. The van der Waals surface area contributed by atoms with Crippen LogP contribution in [0.25, 0.3) is 0 Å². The second-order valence-electron chi connectivity index (χ2n) is 3.97. The van der Waals surface area contributed by atoms with Crippen molar-refractivity contribution >= 4 is 28.7 Å². The standard InChI is InChI=1S/C11H14N4O3S/c16-15(17)10-3-1-2-9(8-10)12-11(19)13-14-4-6-18-7-5-14/h1-3,8H,4-7H2,(H2,12,13,19). The summed E-state index contributed by atoms with van der Waals surface area (Å²) < 4.78 is 5.22. The fourth-order valence-corrected chi connectivity index (χ4v) is 1.92. The van der Waals surface area contributed by atoms with Crippen LogP contribution < -0.4 is 10.7 Å². The topological polar surface area (TPSA) is 79.7 Å². The van der Waals surface area contributed by atoms with Gasteiger partial charge in [0.05, 0.1) is 18.1 Å². The molecule has 0 aliphatic carbocycles. The van der Waals surface area contributed by atoms with Crippen molar-refractivity contribution in [2.45, 2.75) is 0 Å². The summed E-state index contributed by atoms with van der Waals surface area (Å²) in [5.41, 5.74) is 3.63. The predicted molar refractivity (Wildman–Crippen MR) is 74.8 cm³/mol. The fourth-order valence-electron chi connectivity index (χ4n) is 1.68. The lowest BCUT2D eigenvalue weighted by Crippen LogP contribution is -2.49. The van der Waals surface area contributed by atoms with Gasteiger partial charge in [-0.05, 0) is 18.3 Å². The van der Waals surface area contributed by atoms with E-state index in [0.29, 0.717) is 24.0 Å². The lowest BCUT2D eigenvalue weighted by molar-refractivity contribution is -0.384. The molecule has 7 nitrogen and oxygen atoms in total.